The number of benzene rings is 1. The summed E-state index contributed by atoms with van der Waals surface area (Å²) >= 11 is 0. The number of likely N-dealkylation sites (N-methyl/N-ethyl adjacent to an activating group) is 2. The van der Waals surface area contributed by atoms with Gasteiger partial charge in [-0.05, 0) is 31.1 Å². The average Bonchev–Trinajstić information content (AvgIpc) is 2.67. The molecule has 2 rings (SSSR count). The SMILES string of the molecule is CCN1CCN(CC)CCN(Cc2ccc(CC(C)=O)cc2)CC1. The maximum absolute atomic E-state index is 11.2. The van der Waals surface area contributed by atoms with Crippen LogP contribution in [0.1, 0.15) is 31.9 Å². The van der Waals surface area contributed by atoms with Crippen molar-refractivity contribution in [3.05, 3.63) is 35.4 Å². The minimum atomic E-state index is 0.224. The van der Waals surface area contributed by atoms with Crippen LogP contribution in [0, 0.1) is 0 Å². The zero-order chi connectivity index (χ0) is 17.4. The van der Waals surface area contributed by atoms with Crippen LogP contribution in [0.15, 0.2) is 24.3 Å². The number of Topliss-reactive ketones (excluding diaryl/α,β-unsaturated/α-hetero) is 1. The van der Waals surface area contributed by atoms with Crippen LogP contribution in [-0.2, 0) is 17.8 Å². The van der Waals surface area contributed by atoms with Crippen molar-refractivity contribution in [1.82, 2.24) is 14.7 Å². The fourth-order valence-electron chi connectivity index (χ4n) is 3.28. The Morgan fingerprint density at radius 2 is 1.21 bits per heavy atom. The van der Waals surface area contributed by atoms with Gasteiger partial charge in [0.15, 0.2) is 0 Å². The molecule has 1 aliphatic heterocycles. The molecule has 0 bridgehead atoms. The molecule has 4 nitrogen and oxygen atoms in total. The standard InChI is InChI=1S/C20H33N3O/c1-4-21-10-11-22(5-2)13-15-23(14-12-21)17-20-8-6-19(7-9-20)16-18(3)24/h6-9H,4-5,10-17H2,1-3H3. The molecule has 1 heterocycles. The first-order chi connectivity index (χ1) is 11.6. The summed E-state index contributed by atoms with van der Waals surface area (Å²) in [6, 6.07) is 8.56. The van der Waals surface area contributed by atoms with Gasteiger partial charge in [-0.3, -0.25) is 9.69 Å². The van der Waals surface area contributed by atoms with Crippen LogP contribution in [-0.4, -0.2) is 72.8 Å². The lowest BCUT2D eigenvalue weighted by molar-refractivity contribution is -0.116. The Kier molecular flexibility index (Phi) is 7.89. The molecule has 134 valence electrons. The van der Waals surface area contributed by atoms with Gasteiger partial charge in [0.1, 0.15) is 5.78 Å². The summed E-state index contributed by atoms with van der Waals surface area (Å²) in [4.78, 5) is 18.9. The highest BCUT2D eigenvalue weighted by Crippen LogP contribution is 2.10. The third-order valence-corrected chi connectivity index (χ3v) is 4.97. The summed E-state index contributed by atoms with van der Waals surface area (Å²) in [5, 5.41) is 0. The molecule has 1 aromatic rings. The Balaban J connectivity index is 1.96. The molecular weight excluding hydrogens is 298 g/mol. The van der Waals surface area contributed by atoms with Gasteiger partial charge < -0.3 is 9.80 Å². The predicted octanol–water partition coefficient (Wildman–Crippen LogP) is 2.28. The van der Waals surface area contributed by atoms with Crippen LogP contribution in [0.5, 0.6) is 0 Å². The van der Waals surface area contributed by atoms with Crippen LogP contribution in [0.4, 0.5) is 0 Å². The van der Waals surface area contributed by atoms with E-state index in [9.17, 15) is 4.79 Å². The third-order valence-electron chi connectivity index (χ3n) is 4.97. The van der Waals surface area contributed by atoms with Gasteiger partial charge in [-0.25, -0.2) is 0 Å². The molecule has 0 saturated carbocycles. The smallest absolute Gasteiger partial charge is 0.134 e. The average molecular weight is 332 g/mol. The maximum atomic E-state index is 11.2. The van der Waals surface area contributed by atoms with Gasteiger partial charge in [-0.1, -0.05) is 38.1 Å². The van der Waals surface area contributed by atoms with E-state index < -0.39 is 0 Å². The fourth-order valence-corrected chi connectivity index (χ4v) is 3.28. The number of ketones is 1. The minimum Gasteiger partial charge on any atom is -0.301 e. The number of nitrogens with zero attached hydrogens (tertiary/aromatic N) is 3. The molecule has 0 amide bonds. The molecule has 0 radical (unpaired) electrons. The van der Waals surface area contributed by atoms with Crippen molar-refractivity contribution < 1.29 is 4.79 Å². The van der Waals surface area contributed by atoms with Crippen molar-refractivity contribution in [1.29, 1.82) is 0 Å². The van der Waals surface area contributed by atoms with Gasteiger partial charge in [0.05, 0.1) is 0 Å². The molecule has 0 atom stereocenters. The van der Waals surface area contributed by atoms with Crippen LogP contribution in [0.2, 0.25) is 0 Å². The predicted molar refractivity (Wildman–Crippen MR) is 100 cm³/mol. The Bertz CT molecular complexity index is 484. The van der Waals surface area contributed by atoms with E-state index in [2.05, 4.69) is 52.8 Å². The van der Waals surface area contributed by atoms with E-state index in [1.807, 2.05) is 0 Å². The minimum absolute atomic E-state index is 0.224. The van der Waals surface area contributed by atoms with E-state index >= 15 is 0 Å². The van der Waals surface area contributed by atoms with Crippen molar-refractivity contribution in [3.63, 3.8) is 0 Å². The Morgan fingerprint density at radius 1 is 0.792 bits per heavy atom. The summed E-state index contributed by atoms with van der Waals surface area (Å²) in [6.45, 7) is 16.3. The van der Waals surface area contributed by atoms with Crippen LogP contribution in [0.3, 0.4) is 0 Å². The fraction of sp³-hybridized carbons (Fsp3) is 0.650. The topological polar surface area (TPSA) is 26.8 Å². The van der Waals surface area contributed by atoms with E-state index in [4.69, 9.17) is 0 Å². The second-order valence-electron chi connectivity index (χ2n) is 6.84. The van der Waals surface area contributed by atoms with Gasteiger partial charge in [-0.2, -0.15) is 0 Å². The first-order valence-electron chi connectivity index (χ1n) is 9.35. The molecule has 0 N–H and O–H groups in total. The molecule has 0 aromatic heterocycles. The van der Waals surface area contributed by atoms with Gasteiger partial charge >= 0.3 is 0 Å². The van der Waals surface area contributed by atoms with Crippen molar-refractivity contribution in [2.45, 2.75) is 33.7 Å². The molecule has 1 aliphatic rings. The molecule has 1 saturated heterocycles. The van der Waals surface area contributed by atoms with E-state index in [1.165, 1.54) is 18.7 Å². The first kappa shape index (κ1) is 19.1. The largest absolute Gasteiger partial charge is 0.301 e. The molecule has 0 aliphatic carbocycles. The van der Waals surface area contributed by atoms with Crippen LogP contribution in [0.25, 0.3) is 0 Å². The highest BCUT2D eigenvalue weighted by atomic mass is 16.1. The quantitative estimate of drug-likeness (QED) is 0.799. The maximum Gasteiger partial charge on any atom is 0.134 e. The second-order valence-corrected chi connectivity index (χ2v) is 6.84. The molecule has 24 heavy (non-hydrogen) atoms. The lowest BCUT2D eigenvalue weighted by Gasteiger charge is -2.25. The van der Waals surface area contributed by atoms with E-state index in [1.54, 1.807) is 6.92 Å². The lowest BCUT2D eigenvalue weighted by Crippen LogP contribution is -2.35. The van der Waals surface area contributed by atoms with E-state index in [-0.39, 0.29) is 5.78 Å². The Hall–Kier alpha value is -1.23. The highest BCUT2D eigenvalue weighted by molar-refractivity contribution is 5.78. The summed E-state index contributed by atoms with van der Waals surface area (Å²) in [6.07, 6.45) is 0.543. The molecular formula is C20H33N3O. The lowest BCUT2D eigenvalue weighted by atomic mass is 10.1. The van der Waals surface area contributed by atoms with Crippen molar-refractivity contribution in [3.8, 4) is 0 Å². The van der Waals surface area contributed by atoms with Gasteiger partial charge in [0.2, 0.25) is 0 Å². The molecule has 0 unspecified atom stereocenters. The van der Waals surface area contributed by atoms with Gasteiger partial charge in [0.25, 0.3) is 0 Å². The molecule has 4 heteroatoms. The van der Waals surface area contributed by atoms with Crippen molar-refractivity contribution >= 4 is 5.78 Å². The number of rotatable bonds is 6. The number of hydrogen-bond acceptors (Lipinski definition) is 4. The summed E-state index contributed by atoms with van der Waals surface area (Å²) < 4.78 is 0. The Labute approximate surface area is 147 Å². The van der Waals surface area contributed by atoms with Gasteiger partial charge in [-0.15, -0.1) is 0 Å². The molecule has 1 aromatic carbocycles. The number of carbonyl (C=O) groups excluding carboxylic acids is 1. The van der Waals surface area contributed by atoms with Gasteiger partial charge in [0, 0.05) is 52.2 Å². The third kappa shape index (κ3) is 6.34. The first-order valence-corrected chi connectivity index (χ1v) is 9.35. The van der Waals surface area contributed by atoms with Crippen LogP contribution < -0.4 is 0 Å². The summed E-state index contributed by atoms with van der Waals surface area (Å²) in [5.74, 6) is 0.224. The zero-order valence-corrected chi connectivity index (χ0v) is 15.6. The number of carbonyl (C=O) groups is 1. The second kappa shape index (κ2) is 9.92. The monoisotopic (exact) mass is 331 g/mol. The van der Waals surface area contributed by atoms with E-state index in [0.29, 0.717) is 6.42 Å². The summed E-state index contributed by atoms with van der Waals surface area (Å²) in [7, 11) is 0. The van der Waals surface area contributed by atoms with Crippen molar-refractivity contribution in [2.24, 2.45) is 0 Å². The zero-order valence-electron chi connectivity index (χ0n) is 15.6. The molecule has 0 spiro atoms. The highest BCUT2D eigenvalue weighted by Gasteiger charge is 2.15. The van der Waals surface area contributed by atoms with Crippen molar-refractivity contribution in [2.75, 3.05) is 52.4 Å². The normalized spacial score (nSPS) is 18.8. The Morgan fingerprint density at radius 3 is 1.62 bits per heavy atom. The molecule has 1 fully saturated rings. The van der Waals surface area contributed by atoms with Crippen LogP contribution >= 0.6 is 0 Å². The number of hydrogen-bond donors (Lipinski definition) is 0. The van der Waals surface area contributed by atoms with E-state index in [0.717, 1.165) is 51.4 Å². The summed E-state index contributed by atoms with van der Waals surface area (Å²) in [5.41, 5.74) is 2.46.